The van der Waals surface area contributed by atoms with Crippen LogP contribution in [-0.4, -0.2) is 155 Å². The summed E-state index contributed by atoms with van der Waals surface area (Å²) in [4.78, 5) is 41.5. The first-order chi connectivity index (χ1) is 64.9. The molecule has 1 fully saturated rings. The number of nitrogens with two attached hydrogens (primary N) is 4. The number of anilines is 4. The van der Waals surface area contributed by atoms with Gasteiger partial charge in [-0.3, -0.25) is 15.0 Å². The van der Waals surface area contributed by atoms with Crippen LogP contribution >= 0.6 is 45.3 Å². The molecule has 43 heteroatoms. The van der Waals surface area contributed by atoms with E-state index in [1.165, 1.54) is 62.4 Å². The summed E-state index contributed by atoms with van der Waals surface area (Å²) in [6, 6.07) is 36.6. The SMILES string of the molecule is COc1ccc(-n2nnnc2-c2cc(-c3cc(C)c(-c4cccnc4)s3)cnc2N)c(F)c1F.COc1ccc(-n2nnnc2-c2cc(-c3cc(C)c(-c4ccncc4)s3)cnc2N)c(F)c1F.COc1ccc(-n2nnnc2-c2cc(-c3cnc(C4CCNCC4)s3)cnc2N)c(F)c1F.Cc1cc(-c2cnc(N)c(-c3nnnn3-c3ccc(C)c(C)c3F)c2)sc1-c1ccncc1. The maximum absolute atomic E-state index is 15.0. The number of tetrazole rings is 4. The van der Waals surface area contributed by atoms with Gasteiger partial charge in [-0.2, -0.15) is 31.9 Å². The van der Waals surface area contributed by atoms with Crippen molar-refractivity contribution in [2.24, 2.45) is 0 Å². The van der Waals surface area contributed by atoms with E-state index < -0.39 is 34.9 Å². The van der Waals surface area contributed by atoms with Crippen molar-refractivity contribution in [3.63, 3.8) is 0 Å². The summed E-state index contributed by atoms with van der Waals surface area (Å²) >= 11 is 6.45. The summed E-state index contributed by atoms with van der Waals surface area (Å²) in [5.41, 5.74) is 37.2. The van der Waals surface area contributed by atoms with Gasteiger partial charge < -0.3 is 42.5 Å². The van der Waals surface area contributed by atoms with E-state index in [1.807, 2.05) is 87.8 Å². The number of thiazole rings is 1. The van der Waals surface area contributed by atoms with Crippen LogP contribution in [0.4, 0.5) is 54.0 Å². The summed E-state index contributed by atoms with van der Waals surface area (Å²) in [5, 5.41) is 50.8. The van der Waals surface area contributed by atoms with Gasteiger partial charge in [-0.1, -0.05) is 12.1 Å². The summed E-state index contributed by atoms with van der Waals surface area (Å²) in [6.45, 7) is 11.7. The number of hydrogen-bond acceptors (Lipinski definition) is 32. The van der Waals surface area contributed by atoms with Crippen molar-refractivity contribution >= 4 is 68.6 Å². The molecule has 15 aromatic heterocycles. The topological polar surface area (TPSA) is 421 Å². The molecule has 0 radical (unpaired) electrons. The van der Waals surface area contributed by atoms with Crippen LogP contribution in [0.15, 0.2) is 196 Å². The number of ether oxygens (including phenoxy) is 3. The number of nitrogen functional groups attached to an aromatic ring is 4. The third-order valence-electron chi connectivity index (χ3n) is 21.7. The van der Waals surface area contributed by atoms with Crippen molar-refractivity contribution in [2.75, 3.05) is 57.4 Å². The molecule has 0 bridgehead atoms. The maximum Gasteiger partial charge on any atom is 0.202 e. The molecule has 20 rings (SSSR count). The fourth-order valence-electron chi connectivity index (χ4n) is 14.6. The predicted octanol–water partition coefficient (Wildman–Crippen LogP) is 17.7. The largest absolute Gasteiger partial charge is 0.494 e. The second kappa shape index (κ2) is 39.0. The lowest BCUT2D eigenvalue weighted by Gasteiger charge is -2.20. The zero-order chi connectivity index (χ0) is 93.7. The lowest BCUT2D eigenvalue weighted by Crippen LogP contribution is -2.26. The lowest BCUT2D eigenvalue weighted by molar-refractivity contribution is 0.371. The first-order valence-electron chi connectivity index (χ1n) is 40.7. The Morgan fingerprint density at radius 1 is 0.336 bits per heavy atom. The molecule has 32 nitrogen and oxygen atoms in total. The number of thiophene rings is 3. The van der Waals surface area contributed by atoms with Gasteiger partial charge in [0, 0.05) is 131 Å². The molecule has 1 saturated heterocycles. The molecule has 1 aliphatic rings. The number of pyridine rings is 7. The molecule has 19 aromatic rings. The van der Waals surface area contributed by atoms with E-state index in [0.717, 1.165) is 140 Å². The first kappa shape index (κ1) is 90.0. The van der Waals surface area contributed by atoms with Gasteiger partial charge in [0.1, 0.15) is 46.0 Å². The molecule has 134 heavy (non-hydrogen) atoms. The first-order valence-corrected chi connectivity index (χ1v) is 43.9. The highest BCUT2D eigenvalue weighted by Gasteiger charge is 2.30. The Bertz CT molecular complexity index is 7310. The molecule has 1 aliphatic heterocycles. The van der Waals surface area contributed by atoms with Crippen molar-refractivity contribution in [3.8, 4) is 159 Å². The highest BCUT2D eigenvalue weighted by Crippen LogP contribution is 2.45. The minimum Gasteiger partial charge on any atom is -0.494 e. The minimum atomic E-state index is -1.15. The van der Waals surface area contributed by atoms with E-state index in [0.29, 0.717) is 39.6 Å². The summed E-state index contributed by atoms with van der Waals surface area (Å²) < 4.78 is 121. The van der Waals surface area contributed by atoms with Gasteiger partial charge in [-0.25, -0.2) is 42.5 Å². The van der Waals surface area contributed by atoms with Crippen LogP contribution in [0.3, 0.4) is 0 Å². The standard InChI is InChI=1S/C24H20FN7S.2C23H17F2N7OS.C21H20F2N8OS/c1-13-4-5-19(21(25)15(13)3)32-24(29-30-31-32)18-11-17(12-28-23(18)26)20-10-14(2)22(33-20)16-6-8-27-9-7-16;1-12-9-18(34-21(12)13-5-7-27-8-6-13)14-10-15(22(26)28-11-14)23-29-30-31-32(23)16-3-4-17(33-2)20(25)19(16)24;1-12-8-18(34-21(12)13-4-3-7-27-10-13)14-9-15(22(26)28-11-14)23-29-30-31-32(23)16-5-6-17(33-2)20(25)19(16)24;1-32-15-3-2-14(17(22)18(15)23)31-20(28-29-30-31)13-8-12(9-26-19(13)24)16-10-27-21(33-16)11-4-6-25-7-5-11/h4-12H,1-3H3,(H2,26,28);2*3-11H,1-2H3,(H2,26,28);2-3,8-11,25H,4-7H2,1H3,(H2,24,26). The van der Waals surface area contributed by atoms with Crippen LogP contribution in [-0.2, 0) is 0 Å². The quantitative estimate of drug-likeness (QED) is 0.0469. The van der Waals surface area contributed by atoms with E-state index in [1.54, 1.807) is 132 Å². The zero-order valence-corrected chi connectivity index (χ0v) is 75.2. The third kappa shape index (κ3) is 18.1. The average molecular weight is 1880 g/mol. The third-order valence-corrected chi connectivity index (χ3v) is 26.9. The van der Waals surface area contributed by atoms with Crippen LogP contribution in [0.25, 0.3) is 141 Å². The highest BCUT2D eigenvalue weighted by molar-refractivity contribution is 7.20. The molecular weight excluding hydrogens is 1810 g/mol. The van der Waals surface area contributed by atoms with Crippen LogP contribution < -0.4 is 42.5 Å². The van der Waals surface area contributed by atoms with Crippen molar-refractivity contribution in [2.45, 2.75) is 53.4 Å². The Labute approximate surface area is 773 Å². The Morgan fingerprint density at radius 2 is 0.679 bits per heavy atom. The van der Waals surface area contributed by atoms with Crippen LogP contribution in [0.5, 0.6) is 17.2 Å². The van der Waals surface area contributed by atoms with E-state index in [4.69, 9.17) is 37.1 Å². The Kier molecular flexibility index (Phi) is 26.2. The van der Waals surface area contributed by atoms with Gasteiger partial charge >= 0.3 is 0 Å². The Balaban J connectivity index is 0.000000124. The normalized spacial score (nSPS) is 11.9. The van der Waals surface area contributed by atoms with Gasteiger partial charge in [-0.15, -0.1) is 65.7 Å². The molecule has 0 unspecified atom stereocenters. The molecule has 0 amide bonds. The highest BCUT2D eigenvalue weighted by atomic mass is 32.1. The van der Waals surface area contributed by atoms with Gasteiger partial charge in [0.2, 0.25) is 17.5 Å². The average Bonchev–Trinajstić information content (AvgIpc) is 1.57. The van der Waals surface area contributed by atoms with Crippen molar-refractivity contribution < 1.29 is 44.9 Å². The lowest BCUT2D eigenvalue weighted by atomic mass is 9.99. The van der Waals surface area contributed by atoms with Crippen LogP contribution in [0.1, 0.15) is 51.6 Å². The number of piperidine rings is 1. The van der Waals surface area contributed by atoms with E-state index in [-0.39, 0.29) is 86.6 Å². The number of methoxy groups -OCH3 is 3. The monoisotopic (exact) mass is 1880 g/mol. The molecule has 0 saturated carbocycles. The number of nitrogens with zero attached hydrogens (tertiary/aromatic N) is 24. The van der Waals surface area contributed by atoms with Gasteiger partial charge in [0.15, 0.2) is 63.8 Å². The smallest absolute Gasteiger partial charge is 0.202 e. The summed E-state index contributed by atoms with van der Waals surface area (Å²) in [6.07, 6.45) is 21.2. The van der Waals surface area contributed by atoms with Gasteiger partial charge in [0.05, 0.1) is 53.5 Å². The molecule has 4 aromatic carbocycles. The number of benzene rings is 4. The van der Waals surface area contributed by atoms with Crippen molar-refractivity contribution in [1.29, 1.82) is 0 Å². The van der Waals surface area contributed by atoms with Crippen LogP contribution in [0.2, 0.25) is 0 Å². The van der Waals surface area contributed by atoms with Crippen molar-refractivity contribution in [1.82, 2.24) is 126 Å². The van der Waals surface area contributed by atoms with Crippen LogP contribution in [0, 0.1) is 75.3 Å². The number of aromatic nitrogens is 24. The molecule has 9 N–H and O–H groups in total. The molecule has 16 heterocycles. The predicted molar refractivity (Wildman–Crippen MR) is 496 cm³/mol. The molecule has 0 aliphatic carbocycles. The second-order valence-corrected chi connectivity index (χ2v) is 34.3. The number of rotatable bonds is 19. The van der Waals surface area contributed by atoms with E-state index in [2.05, 4.69) is 126 Å². The molecule has 674 valence electrons. The summed E-state index contributed by atoms with van der Waals surface area (Å²) in [5.74, 6) is -6.03. The van der Waals surface area contributed by atoms with Gasteiger partial charge in [0.25, 0.3) is 0 Å². The molecule has 0 spiro atoms. The zero-order valence-electron chi connectivity index (χ0n) is 71.9. The van der Waals surface area contributed by atoms with Gasteiger partial charge in [-0.05, 0) is 256 Å². The fraction of sp³-hybridized carbons (Fsp3) is 0.143. The minimum absolute atomic E-state index is 0.121. The number of aryl methyl sites for hydroxylation is 4. The van der Waals surface area contributed by atoms with Crippen molar-refractivity contribution in [3.05, 3.63) is 269 Å². The number of nitrogens with one attached hydrogen (secondary N) is 1. The number of halogens is 7. The molecular formula is C91H74F7N29O3S4. The Morgan fingerprint density at radius 3 is 1.03 bits per heavy atom. The number of hydrogen-bond donors (Lipinski definition) is 5. The summed E-state index contributed by atoms with van der Waals surface area (Å²) in [7, 11) is 3.77. The van der Waals surface area contributed by atoms with E-state index in [9.17, 15) is 26.3 Å². The maximum atomic E-state index is 15.0. The second-order valence-electron chi connectivity index (χ2n) is 30.0. The fourth-order valence-corrected chi connectivity index (χ4v) is 19.1. The molecule has 0 atom stereocenters. The Hall–Kier alpha value is -16.0. The van der Waals surface area contributed by atoms with E-state index >= 15 is 4.39 Å².